The number of benzene rings is 1. The minimum Gasteiger partial charge on any atom is -0.491 e. The van der Waals surface area contributed by atoms with Crippen LogP contribution in [0.3, 0.4) is 0 Å². The molecule has 0 spiro atoms. The summed E-state index contributed by atoms with van der Waals surface area (Å²) >= 11 is 1.76. The minimum atomic E-state index is -0.315. The van der Waals surface area contributed by atoms with Gasteiger partial charge in [-0.15, -0.1) is 11.8 Å². The van der Waals surface area contributed by atoms with Gasteiger partial charge in [0, 0.05) is 11.2 Å². The van der Waals surface area contributed by atoms with E-state index in [1.165, 1.54) is 5.56 Å². The van der Waals surface area contributed by atoms with Gasteiger partial charge in [0.25, 0.3) is 0 Å². The number of thioether (sulfide) groups is 1. The van der Waals surface area contributed by atoms with Crippen LogP contribution in [0, 0.1) is 0 Å². The van der Waals surface area contributed by atoms with Gasteiger partial charge in [0.15, 0.2) is 5.60 Å². The van der Waals surface area contributed by atoms with Gasteiger partial charge >= 0.3 is 0 Å². The summed E-state index contributed by atoms with van der Waals surface area (Å²) in [5.41, 5.74) is 0.880. The third-order valence-corrected chi connectivity index (χ3v) is 3.76. The van der Waals surface area contributed by atoms with Crippen LogP contribution < -0.4 is 0 Å². The molecule has 15 heavy (non-hydrogen) atoms. The molecule has 0 radical (unpaired) electrons. The van der Waals surface area contributed by atoms with Crippen molar-refractivity contribution in [2.45, 2.75) is 5.60 Å². The highest BCUT2D eigenvalue weighted by atomic mass is 32.2. The molecule has 0 amide bonds. The lowest BCUT2D eigenvalue weighted by molar-refractivity contribution is -0.102. The first-order chi connectivity index (χ1) is 7.42. The Morgan fingerprint density at radius 3 is 2.87 bits per heavy atom. The summed E-state index contributed by atoms with van der Waals surface area (Å²) < 4.78 is 11.6. The Morgan fingerprint density at radius 1 is 1.13 bits per heavy atom. The molecule has 1 fully saturated rings. The minimum absolute atomic E-state index is 0.315. The van der Waals surface area contributed by atoms with Crippen LogP contribution in [0.2, 0.25) is 0 Å². The normalized spacial score (nSPS) is 29.2. The number of fused-ring (bicyclic) bond motifs is 1. The van der Waals surface area contributed by atoms with Gasteiger partial charge in [-0.05, 0) is 5.56 Å². The van der Waals surface area contributed by atoms with Gasteiger partial charge < -0.3 is 9.47 Å². The average Bonchev–Trinajstić information content (AvgIpc) is 2.75. The molecule has 2 aliphatic rings. The Balaban J connectivity index is 2.05. The van der Waals surface area contributed by atoms with Crippen molar-refractivity contribution in [2.75, 3.05) is 19.0 Å². The first-order valence-electron chi connectivity index (χ1n) is 5.06. The molecule has 0 aromatic heterocycles. The maximum Gasteiger partial charge on any atom is 0.160 e. The van der Waals surface area contributed by atoms with E-state index < -0.39 is 0 Å². The average molecular weight is 220 g/mol. The van der Waals surface area contributed by atoms with Gasteiger partial charge in [0.2, 0.25) is 0 Å². The highest BCUT2D eigenvalue weighted by Crippen LogP contribution is 2.45. The van der Waals surface area contributed by atoms with Crippen LogP contribution in [0.25, 0.3) is 0 Å². The molecule has 78 valence electrons. The lowest BCUT2D eigenvalue weighted by atomic mass is 9.93. The molecule has 0 aliphatic carbocycles. The molecule has 1 atom stereocenters. The number of hydrogen-bond donors (Lipinski definition) is 0. The Bertz CT molecular complexity index is 388. The van der Waals surface area contributed by atoms with Crippen LogP contribution in [-0.2, 0) is 15.1 Å². The van der Waals surface area contributed by atoms with Crippen molar-refractivity contribution in [1.29, 1.82) is 0 Å². The van der Waals surface area contributed by atoms with Crippen molar-refractivity contribution in [3.05, 3.63) is 47.1 Å². The molecule has 3 rings (SSSR count). The summed E-state index contributed by atoms with van der Waals surface area (Å²) in [5, 5.41) is 2.08. The van der Waals surface area contributed by atoms with Crippen LogP contribution >= 0.6 is 11.8 Å². The van der Waals surface area contributed by atoms with Gasteiger partial charge in [-0.3, -0.25) is 0 Å². The summed E-state index contributed by atoms with van der Waals surface area (Å²) in [6.45, 7) is 1.34. The molecule has 2 heterocycles. The monoisotopic (exact) mass is 220 g/mol. The third kappa shape index (κ3) is 1.38. The molecule has 1 aromatic carbocycles. The molecule has 2 nitrogen and oxygen atoms in total. The van der Waals surface area contributed by atoms with Crippen LogP contribution in [0.1, 0.15) is 5.56 Å². The van der Waals surface area contributed by atoms with Crippen LogP contribution in [0.4, 0.5) is 0 Å². The van der Waals surface area contributed by atoms with Crippen molar-refractivity contribution in [2.24, 2.45) is 0 Å². The molecule has 0 bridgehead atoms. The van der Waals surface area contributed by atoms with E-state index in [-0.39, 0.29) is 5.60 Å². The van der Waals surface area contributed by atoms with Crippen molar-refractivity contribution in [3.8, 4) is 0 Å². The van der Waals surface area contributed by atoms with Gasteiger partial charge in [0.05, 0.1) is 6.61 Å². The predicted octanol–water partition coefficient (Wildman–Crippen LogP) is 2.52. The smallest absolute Gasteiger partial charge is 0.160 e. The lowest BCUT2D eigenvalue weighted by Gasteiger charge is -2.35. The van der Waals surface area contributed by atoms with Crippen LogP contribution in [-0.4, -0.2) is 19.0 Å². The maximum atomic E-state index is 5.96. The SMILES string of the molecule is C1=C2OCCOC2(c2ccccc2)CS1. The van der Waals surface area contributed by atoms with E-state index in [9.17, 15) is 0 Å². The highest BCUT2D eigenvalue weighted by Gasteiger charge is 2.44. The van der Waals surface area contributed by atoms with Crippen molar-refractivity contribution in [3.63, 3.8) is 0 Å². The molecular weight excluding hydrogens is 208 g/mol. The zero-order valence-corrected chi connectivity index (χ0v) is 9.13. The molecule has 1 aromatic rings. The van der Waals surface area contributed by atoms with E-state index in [4.69, 9.17) is 9.47 Å². The van der Waals surface area contributed by atoms with Gasteiger partial charge in [-0.25, -0.2) is 0 Å². The second-order valence-electron chi connectivity index (χ2n) is 3.68. The Kier molecular flexibility index (Phi) is 2.22. The highest BCUT2D eigenvalue weighted by molar-refractivity contribution is 8.02. The van der Waals surface area contributed by atoms with E-state index in [2.05, 4.69) is 17.5 Å². The fourth-order valence-electron chi connectivity index (χ4n) is 2.05. The van der Waals surface area contributed by atoms with E-state index in [1.54, 1.807) is 11.8 Å². The first kappa shape index (κ1) is 9.31. The third-order valence-electron chi connectivity index (χ3n) is 2.80. The number of ether oxygens (including phenoxy) is 2. The molecule has 0 saturated carbocycles. The van der Waals surface area contributed by atoms with E-state index >= 15 is 0 Å². The van der Waals surface area contributed by atoms with Gasteiger partial charge in [0.1, 0.15) is 12.4 Å². The largest absolute Gasteiger partial charge is 0.491 e. The molecule has 3 heteroatoms. The molecule has 1 unspecified atom stereocenters. The predicted molar refractivity (Wildman–Crippen MR) is 60.6 cm³/mol. The lowest BCUT2D eigenvalue weighted by Crippen LogP contribution is -2.38. The Hall–Kier alpha value is -0.930. The fraction of sp³-hybridized carbons (Fsp3) is 0.333. The van der Waals surface area contributed by atoms with Crippen molar-refractivity contribution < 1.29 is 9.47 Å². The van der Waals surface area contributed by atoms with E-state index in [1.807, 2.05) is 18.2 Å². The second kappa shape index (κ2) is 3.58. The van der Waals surface area contributed by atoms with Crippen molar-refractivity contribution in [1.82, 2.24) is 0 Å². The summed E-state index contributed by atoms with van der Waals surface area (Å²) in [6.07, 6.45) is 0. The van der Waals surface area contributed by atoms with Gasteiger partial charge in [-0.1, -0.05) is 30.3 Å². The Labute approximate surface area is 93.3 Å². The maximum absolute atomic E-state index is 5.96. The molecular formula is C12H12O2S. The fourth-order valence-corrected chi connectivity index (χ4v) is 3.17. The summed E-state index contributed by atoms with van der Waals surface area (Å²) in [4.78, 5) is 0. The van der Waals surface area contributed by atoms with Gasteiger partial charge in [-0.2, -0.15) is 0 Å². The molecule has 2 aliphatic heterocycles. The topological polar surface area (TPSA) is 18.5 Å². The van der Waals surface area contributed by atoms with Crippen LogP contribution in [0.15, 0.2) is 41.5 Å². The first-order valence-corrected chi connectivity index (χ1v) is 6.11. The Morgan fingerprint density at radius 2 is 2.00 bits per heavy atom. The zero-order chi connectivity index (χ0) is 10.1. The zero-order valence-electron chi connectivity index (χ0n) is 8.31. The number of hydrogen-bond acceptors (Lipinski definition) is 3. The van der Waals surface area contributed by atoms with E-state index in [0.717, 1.165) is 11.5 Å². The summed E-state index contributed by atoms with van der Waals surface area (Å²) in [7, 11) is 0. The van der Waals surface area contributed by atoms with Crippen LogP contribution in [0.5, 0.6) is 0 Å². The number of rotatable bonds is 1. The summed E-state index contributed by atoms with van der Waals surface area (Å²) in [6, 6.07) is 10.3. The quantitative estimate of drug-likeness (QED) is 0.724. The van der Waals surface area contributed by atoms with Crippen molar-refractivity contribution >= 4 is 11.8 Å². The second-order valence-corrected chi connectivity index (χ2v) is 4.54. The van der Waals surface area contributed by atoms with E-state index in [0.29, 0.717) is 13.2 Å². The molecule has 1 saturated heterocycles. The standard InChI is InChI=1S/C12H12O2S/c1-2-4-10(5-3-1)12-9-15-8-11(12)13-6-7-14-12/h1-5,8H,6-7,9H2. The summed E-state index contributed by atoms with van der Waals surface area (Å²) in [5.74, 6) is 1.90. The molecule has 0 N–H and O–H groups in total.